The second-order valence-corrected chi connectivity index (χ2v) is 9.73. The summed E-state index contributed by atoms with van der Waals surface area (Å²) in [4.78, 5) is 25.3. The number of para-hydroxylation sites is 1. The number of nitrogens with zero attached hydrogens (tertiary/aromatic N) is 3. The summed E-state index contributed by atoms with van der Waals surface area (Å²) in [5.74, 6) is -0.588. The Kier molecular flexibility index (Phi) is 6.13. The van der Waals surface area contributed by atoms with Crippen LogP contribution in [0.5, 0.6) is 0 Å². The Morgan fingerprint density at radius 1 is 0.821 bits per heavy atom. The number of hydrogen-bond donors (Lipinski definition) is 1. The van der Waals surface area contributed by atoms with E-state index < -0.39 is 16.4 Å². The van der Waals surface area contributed by atoms with Crippen molar-refractivity contribution >= 4 is 28.6 Å². The summed E-state index contributed by atoms with van der Waals surface area (Å²) in [6.07, 6.45) is 1.15. The third kappa shape index (κ3) is 4.04. The number of anilines is 1. The van der Waals surface area contributed by atoms with Crippen LogP contribution >= 0.6 is 0 Å². The van der Waals surface area contributed by atoms with Crippen LogP contribution in [-0.4, -0.2) is 27.8 Å². The molecule has 7 heteroatoms. The number of nitro groups is 1. The molecule has 1 aliphatic carbocycles. The highest BCUT2D eigenvalue weighted by molar-refractivity contribution is 6.32. The highest BCUT2D eigenvalue weighted by atomic mass is 16.6. The van der Waals surface area contributed by atoms with Crippen molar-refractivity contribution in [1.29, 1.82) is 0 Å². The van der Waals surface area contributed by atoms with Gasteiger partial charge in [-0.1, -0.05) is 97.1 Å². The lowest BCUT2D eigenvalue weighted by Gasteiger charge is -2.41. The van der Waals surface area contributed by atoms with Crippen molar-refractivity contribution in [3.05, 3.63) is 148 Å². The Labute approximate surface area is 225 Å². The molecule has 0 unspecified atom stereocenters. The number of amides is 1. The average Bonchev–Trinajstić information content (AvgIpc) is 3.29. The molecule has 1 aliphatic heterocycles. The van der Waals surface area contributed by atoms with Gasteiger partial charge in [-0.15, -0.1) is 0 Å². The van der Waals surface area contributed by atoms with Gasteiger partial charge in [-0.2, -0.15) is 10.1 Å². The molecular formula is C32H25N3O4. The first kappa shape index (κ1) is 24.5. The minimum atomic E-state index is -1.45. The molecule has 1 N–H and O–H groups in total. The van der Waals surface area contributed by atoms with Gasteiger partial charge in [-0.05, 0) is 40.8 Å². The monoisotopic (exact) mass is 515 g/mol. The smallest absolute Gasteiger partial charge is 0.269 e. The topological polar surface area (TPSA) is 96.0 Å². The van der Waals surface area contributed by atoms with Crippen LogP contribution in [0.2, 0.25) is 0 Å². The molecule has 4 aromatic carbocycles. The Hall–Kier alpha value is -4.88. The fraction of sp³-hybridized carbons (Fsp3) is 0.125. The molecule has 1 heterocycles. The second-order valence-electron chi connectivity index (χ2n) is 9.73. The van der Waals surface area contributed by atoms with Gasteiger partial charge >= 0.3 is 0 Å². The van der Waals surface area contributed by atoms with Gasteiger partial charge in [0.15, 0.2) is 0 Å². The van der Waals surface area contributed by atoms with Crippen LogP contribution in [0.25, 0.3) is 5.57 Å². The number of hydrazone groups is 1. The summed E-state index contributed by atoms with van der Waals surface area (Å²) in [5.41, 5.74) is 2.70. The first-order valence-electron chi connectivity index (χ1n) is 12.7. The van der Waals surface area contributed by atoms with Gasteiger partial charge in [0.2, 0.25) is 0 Å². The molecule has 0 bridgehead atoms. The van der Waals surface area contributed by atoms with Crippen LogP contribution in [0.3, 0.4) is 0 Å². The third-order valence-electron chi connectivity index (χ3n) is 7.54. The van der Waals surface area contributed by atoms with Gasteiger partial charge in [0, 0.05) is 18.1 Å². The molecule has 192 valence electrons. The highest BCUT2D eigenvalue weighted by Gasteiger charge is 2.61. The zero-order chi connectivity index (χ0) is 27.0. The highest BCUT2D eigenvalue weighted by Crippen LogP contribution is 2.53. The molecule has 6 rings (SSSR count). The van der Waals surface area contributed by atoms with E-state index >= 15 is 0 Å². The lowest BCUT2D eigenvalue weighted by atomic mass is 9.61. The molecular weight excluding hydrogens is 490 g/mol. The minimum absolute atomic E-state index is 0.00168. The molecule has 7 nitrogen and oxygen atoms in total. The van der Waals surface area contributed by atoms with Crippen molar-refractivity contribution < 1.29 is 14.8 Å². The van der Waals surface area contributed by atoms with Crippen LogP contribution in [0, 0.1) is 15.5 Å². The maximum absolute atomic E-state index is 14.6. The van der Waals surface area contributed by atoms with E-state index in [0.29, 0.717) is 17.0 Å². The number of rotatable bonds is 5. The molecule has 4 aromatic rings. The standard InChI is InChI=1S/C32H25N3O4/c36-29-21-25(22-16-18-27(19-17-22)35(38)39)20-28(23-10-4-1-5-11-23)32(29)30(24-12-6-2-7-13-24)33-34(31(32)37)26-14-8-3-9-15-26/h1-20,25,29,36H,21H2/t25-,29-,32+/m0/s1. The molecule has 2 aliphatic rings. The Bertz CT molecular complexity index is 1590. The average molecular weight is 516 g/mol. The molecule has 1 spiro atoms. The summed E-state index contributed by atoms with van der Waals surface area (Å²) < 4.78 is 0. The summed E-state index contributed by atoms with van der Waals surface area (Å²) in [6, 6.07) is 34.6. The lowest BCUT2D eigenvalue weighted by Crippen LogP contribution is -2.52. The first-order valence-corrected chi connectivity index (χ1v) is 12.7. The van der Waals surface area contributed by atoms with Gasteiger partial charge in [0.25, 0.3) is 11.6 Å². The molecule has 3 atom stereocenters. The van der Waals surface area contributed by atoms with Crippen LogP contribution < -0.4 is 5.01 Å². The van der Waals surface area contributed by atoms with E-state index in [4.69, 9.17) is 5.10 Å². The maximum atomic E-state index is 14.6. The quantitative estimate of drug-likeness (QED) is 0.262. The van der Waals surface area contributed by atoms with E-state index in [0.717, 1.165) is 16.7 Å². The van der Waals surface area contributed by atoms with Gasteiger partial charge in [-0.3, -0.25) is 14.9 Å². The summed E-state index contributed by atoms with van der Waals surface area (Å²) in [6.45, 7) is 0. The van der Waals surface area contributed by atoms with Crippen LogP contribution in [0.4, 0.5) is 11.4 Å². The molecule has 0 saturated carbocycles. The zero-order valence-electron chi connectivity index (χ0n) is 20.9. The summed E-state index contributed by atoms with van der Waals surface area (Å²) in [5, 5.41) is 29.5. The molecule has 1 amide bonds. The predicted octanol–water partition coefficient (Wildman–Crippen LogP) is 5.96. The SMILES string of the molecule is O=C1N(c2ccccc2)N=C(c2ccccc2)[C@]12C(c1ccccc1)=C[C@H](c1ccc([N+](=O)[O-])cc1)C[C@@H]2O. The Balaban J connectivity index is 1.57. The van der Waals surface area contributed by atoms with Gasteiger partial charge < -0.3 is 5.11 Å². The number of allylic oxidation sites excluding steroid dienone is 1. The number of nitro benzene ring substituents is 1. The van der Waals surface area contributed by atoms with E-state index in [1.807, 2.05) is 97.1 Å². The molecule has 39 heavy (non-hydrogen) atoms. The van der Waals surface area contributed by atoms with E-state index in [9.17, 15) is 20.0 Å². The number of hydrogen-bond acceptors (Lipinski definition) is 5. The fourth-order valence-electron chi connectivity index (χ4n) is 5.68. The van der Waals surface area contributed by atoms with E-state index in [1.54, 1.807) is 12.1 Å². The van der Waals surface area contributed by atoms with Crippen molar-refractivity contribution in [3.8, 4) is 0 Å². The van der Waals surface area contributed by atoms with Crippen molar-refractivity contribution in [1.82, 2.24) is 0 Å². The second kappa shape index (κ2) is 9.78. The maximum Gasteiger partial charge on any atom is 0.269 e. The van der Waals surface area contributed by atoms with Crippen molar-refractivity contribution in [3.63, 3.8) is 0 Å². The van der Waals surface area contributed by atoms with Crippen molar-refractivity contribution in [2.45, 2.75) is 18.4 Å². The minimum Gasteiger partial charge on any atom is -0.391 e. The predicted molar refractivity (Wildman–Crippen MR) is 150 cm³/mol. The van der Waals surface area contributed by atoms with Crippen LogP contribution in [-0.2, 0) is 4.79 Å². The Morgan fingerprint density at radius 2 is 1.38 bits per heavy atom. The van der Waals surface area contributed by atoms with Gasteiger partial charge in [-0.25, -0.2) is 0 Å². The zero-order valence-corrected chi connectivity index (χ0v) is 20.9. The number of aliphatic hydroxyl groups excluding tert-OH is 1. The fourth-order valence-corrected chi connectivity index (χ4v) is 5.68. The van der Waals surface area contributed by atoms with Crippen molar-refractivity contribution in [2.24, 2.45) is 10.5 Å². The normalized spacial score (nSPS) is 22.5. The molecule has 0 saturated heterocycles. The summed E-state index contributed by atoms with van der Waals surface area (Å²) in [7, 11) is 0. The number of benzene rings is 4. The number of carbonyl (C=O) groups excluding carboxylic acids is 1. The van der Waals surface area contributed by atoms with Crippen LogP contribution in [0.1, 0.15) is 29.0 Å². The van der Waals surface area contributed by atoms with Crippen LogP contribution in [0.15, 0.2) is 126 Å². The summed E-state index contributed by atoms with van der Waals surface area (Å²) >= 11 is 0. The lowest BCUT2D eigenvalue weighted by molar-refractivity contribution is -0.384. The molecule has 0 fully saturated rings. The number of carbonyl (C=O) groups is 1. The number of non-ortho nitro benzene ring substituents is 1. The molecule has 0 aromatic heterocycles. The Morgan fingerprint density at radius 3 is 1.97 bits per heavy atom. The first-order chi connectivity index (χ1) is 19.0. The van der Waals surface area contributed by atoms with E-state index in [-0.39, 0.29) is 23.9 Å². The van der Waals surface area contributed by atoms with Gasteiger partial charge in [0.1, 0.15) is 5.41 Å². The van der Waals surface area contributed by atoms with E-state index in [2.05, 4.69) is 0 Å². The molecule has 0 radical (unpaired) electrons. The van der Waals surface area contributed by atoms with E-state index in [1.165, 1.54) is 17.1 Å². The van der Waals surface area contributed by atoms with Gasteiger partial charge in [0.05, 0.1) is 22.4 Å². The number of aliphatic hydroxyl groups is 1. The van der Waals surface area contributed by atoms with Crippen molar-refractivity contribution in [2.75, 3.05) is 5.01 Å². The largest absolute Gasteiger partial charge is 0.391 e. The third-order valence-corrected chi connectivity index (χ3v) is 7.54.